The Kier molecular flexibility index (Phi) is 3.37. The molecule has 1 atom stereocenters. The first-order chi connectivity index (χ1) is 10.1. The maximum Gasteiger partial charge on any atom is 0.251 e. The molecule has 2 heterocycles. The van der Waals surface area contributed by atoms with Gasteiger partial charge in [0, 0.05) is 18.5 Å². The Morgan fingerprint density at radius 3 is 3.00 bits per heavy atom. The molecule has 0 bridgehead atoms. The summed E-state index contributed by atoms with van der Waals surface area (Å²) in [6, 6.07) is 4.63. The van der Waals surface area contributed by atoms with E-state index in [0.717, 1.165) is 6.42 Å². The number of nitrogens with one attached hydrogen (secondary N) is 2. The number of benzene rings is 1. The third-order valence-corrected chi connectivity index (χ3v) is 3.83. The highest BCUT2D eigenvalue weighted by Crippen LogP contribution is 2.37. The lowest BCUT2D eigenvalue weighted by atomic mass is 10.1. The van der Waals surface area contributed by atoms with Crippen LogP contribution >= 0.6 is 0 Å². The molecule has 0 aromatic heterocycles. The lowest BCUT2D eigenvalue weighted by Gasteiger charge is -2.31. The van der Waals surface area contributed by atoms with Crippen LogP contribution in [-0.4, -0.2) is 30.3 Å². The van der Waals surface area contributed by atoms with Gasteiger partial charge in [0.05, 0.1) is 11.4 Å². The number of rotatable bonds is 3. The van der Waals surface area contributed by atoms with Crippen molar-refractivity contribution in [2.75, 3.05) is 16.8 Å². The highest BCUT2D eigenvalue weighted by atomic mass is 16.2. The van der Waals surface area contributed by atoms with Crippen molar-refractivity contribution >= 4 is 29.1 Å². The van der Waals surface area contributed by atoms with E-state index in [1.54, 1.807) is 23.1 Å². The van der Waals surface area contributed by atoms with Gasteiger partial charge in [-0.25, -0.2) is 0 Å². The predicted octanol–water partition coefficient (Wildman–Crippen LogP) is 1.27. The van der Waals surface area contributed by atoms with Gasteiger partial charge in [0.1, 0.15) is 6.04 Å². The quantitative estimate of drug-likeness (QED) is 0.879. The normalized spacial score (nSPS) is 19.9. The van der Waals surface area contributed by atoms with Crippen molar-refractivity contribution in [1.82, 2.24) is 5.32 Å². The highest BCUT2D eigenvalue weighted by molar-refractivity contribution is 6.14. The summed E-state index contributed by atoms with van der Waals surface area (Å²) in [5.74, 6) is -0.400. The lowest BCUT2D eigenvalue weighted by molar-refractivity contribution is -0.120. The monoisotopic (exact) mass is 287 g/mol. The first-order valence-corrected chi connectivity index (χ1v) is 7.17. The van der Waals surface area contributed by atoms with E-state index in [1.165, 1.54) is 0 Å². The molecule has 110 valence electrons. The van der Waals surface area contributed by atoms with Crippen LogP contribution in [0.4, 0.5) is 11.4 Å². The van der Waals surface area contributed by atoms with Gasteiger partial charge in [-0.05, 0) is 31.0 Å². The van der Waals surface area contributed by atoms with Gasteiger partial charge >= 0.3 is 0 Å². The van der Waals surface area contributed by atoms with Crippen molar-refractivity contribution in [1.29, 1.82) is 0 Å². The Labute approximate surface area is 122 Å². The summed E-state index contributed by atoms with van der Waals surface area (Å²) in [5, 5.41) is 5.58. The summed E-state index contributed by atoms with van der Waals surface area (Å²) in [6.07, 6.45) is 1.79. The Balaban J connectivity index is 1.93. The van der Waals surface area contributed by atoms with Gasteiger partial charge in [-0.15, -0.1) is 0 Å². The Hall–Kier alpha value is -2.37. The van der Waals surface area contributed by atoms with E-state index in [4.69, 9.17) is 0 Å². The first kappa shape index (κ1) is 13.6. The number of carbonyl (C=O) groups is 3. The number of anilines is 2. The fourth-order valence-corrected chi connectivity index (χ4v) is 2.78. The van der Waals surface area contributed by atoms with E-state index in [0.29, 0.717) is 36.3 Å². The third kappa shape index (κ3) is 2.26. The molecule has 1 unspecified atom stereocenters. The van der Waals surface area contributed by atoms with Gasteiger partial charge in [-0.3, -0.25) is 19.3 Å². The minimum atomic E-state index is -0.412. The van der Waals surface area contributed by atoms with Crippen molar-refractivity contribution < 1.29 is 14.4 Å². The molecule has 1 saturated heterocycles. The number of carbonyl (C=O) groups excluding carboxylic acids is 3. The lowest BCUT2D eigenvalue weighted by Crippen LogP contribution is -2.45. The maximum absolute atomic E-state index is 12.0. The van der Waals surface area contributed by atoms with Crippen LogP contribution in [0.15, 0.2) is 18.2 Å². The number of hydrogen-bond donors (Lipinski definition) is 2. The molecule has 0 spiro atoms. The average molecular weight is 287 g/mol. The van der Waals surface area contributed by atoms with Gasteiger partial charge < -0.3 is 10.6 Å². The Morgan fingerprint density at radius 2 is 2.24 bits per heavy atom. The van der Waals surface area contributed by atoms with Gasteiger partial charge in [0.2, 0.25) is 11.8 Å². The van der Waals surface area contributed by atoms with Crippen LogP contribution in [0.3, 0.4) is 0 Å². The number of hydrogen-bond acceptors (Lipinski definition) is 3. The molecule has 0 saturated carbocycles. The van der Waals surface area contributed by atoms with Crippen molar-refractivity contribution in [3.8, 4) is 0 Å². The standard InChI is InChI=1S/C15H17N3O3/c1-2-7-16-14(20)9-3-4-11-10(8-9)17-15(21)12-5-6-13(19)18(11)12/h3-4,8,12H,2,5-7H2,1H3,(H,16,20)(H,17,21). The fraction of sp³-hybridized carbons (Fsp3) is 0.400. The predicted molar refractivity (Wildman–Crippen MR) is 78.2 cm³/mol. The number of amides is 3. The molecule has 2 aliphatic heterocycles. The van der Waals surface area contributed by atoms with E-state index >= 15 is 0 Å². The third-order valence-electron chi connectivity index (χ3n) is 3.83. The summed E-state index contributed by atoms with van der Waals surface area (Å²) >= 11 is 0. The van der Waals surface area contributed by atoms with Crippen LogP contribution in [0, 0.1) is 0 Å². The van der Waals surface area contributed by atoms with Crippen LogP contribution in [0.1, 0.15) is 36.5 Å². The molecule has 0 aliphatic carbocycles. The van der Waals surface area contributed by atoms with Crippen molar-refractivity contribution in [2.45, 2.75) is 32.2 Å². The van der Waals surface area contributed by atoms with E-state index in [-0.39, 0.29) is 17.7 Å². The zero-order valence-electron chi connectivity index (χ0n) is 11.8. The zero-order chi connectivity index (χ0) is 15.0. The van der Waals surface area contributed by atoms with Crippen molar-refractivity contribution in [3.05, 3.63) is 23.8 Å². The molecular weight excluding hydrogens is 270 g/mol. The van der Waals surface area contributed by atoms with Gasteiger partial charge in [0.15, 0.2) is 0 Å². The molecule has 1 fully saturated rings. The molecule has 3 rings (SSSR count). The van der Waals surface area contributed by atoms with Crippen LogP contribution < -0.4 is 15.5 Å². The summed E-state index contributed by atoms with van der Waals surface area (Å²) in [5.41, 5.74) is 1.68. The molecule has 3 amide bonds. The fourth-order valence-electron chi connectivity index (χ4n) is 2.78. The van der Waals surface area contributed by atoms with Gasteiger partial charge in [-0.1, -0.05) is 6.92 Å². The second kappa shape index (κ2) is 5.20. The molecule has 6 nitrogen and oxygen atoms in total. The molecule has 2 N–H and O–H groups in total. The summed E-state index contributed by atoms with van der Waals surface area (Å²) in [4.78, 5) is 37.5. The van der Waals surface area contributed by atoms with Crippen LogP contribution in [0.5, 0.6) is 0 Å². The maximum atomic E-state index is 12.0. The van der Waals surface area contributed by atoms with Crippen molar-refractivity contribution in [2.24, 2.45) is 0 Å². The molecule has 1 aromatic carbocycles. The van der Waals surface area contributed by atoms with Crippen LogP contribution in [0.2, 0.25) is 0 Å². The van der Waals surface area contributed by atoms with Crippen LogP contribution in [-0.2, 0) is 9.59 Å². The Bertz CT molecular complexity index is 627. The zero-order valence-corrected chi connectivity index (χ0v) is 11.8. The molecular formula is C15H17N3O3. The van der Waals surface area contributed by atoms with E-state index < -0.39 is 6.04 Å². The minimum Gasteiger partial charge on any atom is -0.352 e. The number of fused-ring (bicyclic) bond motifs is 3. The van der Waals surface area contributed by atoms with E-state index in [1.807, 2.05) is 6.92 Å². The largest absolute Gasteiger partial charge is 0.352 e. The van der Waals surface area contributed by atoms with E-state index in [9.17, 15) is 14.4 Å². The Morgan fingerprint density at radius 1 is 1.43 bits per heavy atom. The molecule has 0 radical (unpaired) electrons. The molecule has 6 heteroatoms. The summed E-state index contributed by atoms with van der Waals surface area (Å²) < 4.78 is 0. The topological polar surface area (TPSA) is 78.5 Å². The second-order valence-electron chi connectivity index (χ2n) is 5.30. The minimum absolute atomic E-state index is 0.0423. The summed E-state index contributed by atoms with van der Waals surface area (Å²) in [7, 11) is 0. The highest BCUT2D eigenvalue weighted by Gasteiger charge is 2.41. The number of nitrogens with zero attached hydrogens (tertiary/aromatic N) is 1. The molecule has 1 aromatic rings. The first-order valence-electron chi connectivity index (χ1n) is 7.17. The average Bonchev–Trinajstić information content (AvgIpc) is 2.87. The van der Waals surface area contributed by atoms with Crippen LogP contribution in [0.25, 0.3) is 0 Å². The van der Waals surface area contributed by atoms with Gasteiger partial charge in [-0.2, -0.15) is 0 Å². The second-order valence-corrected chi connectivity index (χ2v) is 5.30. The van der Waals surface area contributed by atoms with E-state index in [2.05, 4.69) is 10.6 Å². The molecule has 2 aliphatic rings. The summed E-state index contributed by atoms with van der Waals surface area (Å²) in [6.45, 7) is 2.58. The van der Waals surface area contributed by atoms with Gasteiger partial charge in [0.25, 0.3) is 5.91 Å². The van der Waals surface area contributed by atoms with Crippen molar-refractivity contribution in [3.63, 3.8) is 0 Å². The molecule has 21 heavy (non-hydrogen) atoms. The SMILES string of the molecule is CCCNC(=O)c1ccc2c(c1)NC(=O)C1CCC(=O)N21. The smallest absolute Gasteiger partial charge is 0.251 e.